The molecule has 3 aromatic rings. The number of benzene rings is 2. The summed E-state index contributed by atoms with van der Waals surface area (Å²) in [6.45, 7) is 2.93. The Morgan fingerprint density at radius 3 is 2.63 bits per heavy atom. The van der Waals surface area contributed by atoms with Gasteiger partial charge in [-0.05, 0) is 55.5 Å². The summed E-state index contributed by atoms with van der Waals surface area (Å²) in [5, 5.41) is 10.5. The fourth-order valence-electron chi connectivity index (χ4n) is 3.23. The molecule has 1 N–H and O–H groups in total. The van der Waals surface area contributed by atoms with Gasteiger partial charge in [0.25, 0.3) is 5.91 Å². The number of anilines is 2. The number of hydrogen-bond donors (Lipinski definition) is 1. The van der Waals surface area contributed by atoms with Gasteiger partial charge in [0.15, 0.2) is 0 Å². The van der Waals surface area contributed by atoms with Crippen molar-refractivity contribution < 1.29 is 18.7 Å². The smallest absolute Gasteiger partial charge is 0.322 e. The zero-order valence-electron chi connectivity index (χ0n) is 16.2. The Labute approximate surface area is 181 Å². The maximum Gasteiger partial charge on any atom is 0.322 e. The van der Waals surface area contributed by atoms with Crippen LogP contribution in [-0.2, 0) is 4.79 Å². The lowest BCUT2D eigenvalue weighted by molar-refractivity contribution is -0.117. The summed E-state index contributed by atoms with van der Waals surface area (Å²) in [7, 11) is 0. The number of amides is 2. The van der Waals surface area contributed by atoms with E-state index in [4.69, 9.17) is 9.15 Å². The van der Waals surface area contributed by atoms with Crippen LogP contribution >= 0.6 is 15.9 Å². The minimum atomic E-state index is -0.351. The van der Waals surface area contributed by atoms with E-state index in [9.17, 15) is 9.59 Å². The summed E-state index contributed by atoms with van der Waals surface area (Å²) < 4.78 is 11.9. The second-order valence-corrected chi connectivity index (χ2v) is 7.65. The topological polar surface area (TPSA) is 97.6 Å². The number of halogens is 1. The molecule has 0 aliphatic carbocycles. The summed E-state index contributed by atoms with van der Waals surface area (Å²) in [5.74, 6) is 0.462. The van der Waals surface area contributed by atoms with E-state index < -0.39 is 0 Å². The Hall–Kier alpha value is -3.20. The standard InChI is InChI=1S/C21H19BrN4O4/c1-2-29-17-9-7-16(8-10-17)26-12-14(11-18(26)27)20-24-25-21(30-20)23-19(28)13-3-5-15(22)6-4-13/h3-10,14H,2,11-12H2,1H3,(H,23,25,28). The maximum atomic E-state index is 12.5. The highest BCUT2D eigenvalue weighted by molar-refractivity contribution is 9.10. The molecular formula is C21H19BrN4O4. The van der Waals surface area contributed by atoms with Gasteiger partial charge in [-0.15, -0.1) is 5.10 Å². The molecule has 2 heterocycles. The van der Waals surface area contributed by atoms with Crippen LogP contribution in [0.3, 0.4) is 0 Å². The Morgan fingerprint density at radius 1 is 1.20 bits per heavy atom. The summed E-state index contributed by atoms with van der Waals surface area (Å²) in [5.41, 5.74) is 1.25. The molecule has 2 amide bonds. The van der Waals surface area contributed by atoms with Crippen molar-refractivity contribution in [3.63, 3.8) is 0 Å². The van der Waals surface area contributed by atoms with Crippen LogP contribution in [0.4, 0.5) is 11.7 Å². The van der Waals surface area contributed by atoms with Gasteiger partial charge in [-0.1, -0.05) is 21.0 Å². The van der Waals surface area contributed by atoms with Crippen molar-refractivity contribution in [2.45, 2.75) is 19.3 Å². The van der Waals surface area contributed by atoms with E-state index in [2.05, 4.69) is 31.4 Å². The highest BCUT2D eigenvalue weighted by Crippen LogP contribution is 2.32. The van der Waals surface area contributed by atoms with Crippen LogP contribution in [-0.4, -0.2) is 35.2 Å². The molecule has 0 spiro atoms. The second kappa shape index (κ2) is 8.66. The molecule has 30 heavy (non-hydrogen) atoms. The number of nitrogens with zero attached hydrogens (tertiary/aromatic N) is 3. The molecule has 8 nitrogen and oxygen atoms in total. The van der Waals surface area contributed by atoms with Crippen LogP contribution in [0.1, 0.15) is 35.5 Å². The predicted octanol–water partition coefficient (Wildman–Crippen LogP) is 4.00. The van der Waals surface area contributed by atoms with Crippen molar-refractivity contribution in [2.24, 2.45) is 0 Å². The summed E-state index contributed by atoms with van der Waals surface area (Å²) >= 11 is 3.33. The van der Waals surface area contributed by atoms with E-state index in [1.54, 1.807) is 29.2 Å². The lowest BCUT2D eigenvalue weighted by atomic mass is 10.1. The SMILES string of the molecule is CCOc1ccc(N2CC(c3nnc(NC(=O)c4ccc(Br)cc4)o3)CC2=O)cc1. The van der Waals surface area contributed by atoms with E-state index in [1.165, 1.54) is 0 Å². The quantitative estimate of drug-likeness (QED) is 0.584. The fourth-order valence-corrected chi connectivity index (χ4v) is 3.50. The third-order valence-corrected chi connectivity index (χ3v) is 5.23. The normalized spacial score (nSPS) is 16.0. The molecule has 1 atom stereocenters. The summed E-state index contributed by atoms with van der Waals surface area (Å²) in [6, 6.07) is 14.3. The minimum absolute atomic E-state index is 0.00452. The van der Waals surface area contributed by atoms with Crippen molar-refractivity contribution in [1.29, 1.82) is 0 Å². The Morgan fingerprint density at radius 2 is 1.93 bits per heavy atom. The van der Waals surface area contributed by atoms with Gasteiger partial charge in [0.05, 0.1) is 12.5 Å². The molecule has 9 heteroatoms. The molecule has 0 saturated carbocycles. The Balaban J connectivity index is 1.41. The van der Waals surface area contributed by atoms with Gasteiger partial charge in [-0.2, -0.15) is 0 Å². The van der Waals surface area contributed by atoms with Gasteiger partial charge in [0, 0.05) is 28.7 Å². The first-order valence-corrected chi connectivity index (χ1v) is 10.3. The van der Waals surface area contributed by atoms with Gasteiger partial charge in [0.2, 0.25) is 11.8 Å². The maximum absolute atomic E-state index is 12.5. The largest absolute Gasteiger partial charge is 0.494 e. The van der Waals surface area contributed by atoms with Crippen LogP contribution in [0.2, 0.25) is 0 Å². The van der Waals surface area contributed by atoms with Crippen molar-refractivity contribution in [3.8, 4) is 5.75 Å². The van der Waals surface area contributed by atoms with Crippen molar-refractivity contribution in [2.75, 3.05) is 23.4 Å². The molecule has 2 aromatic carbocycles. The monoisotopic (exact) mass is 470 g/mol. The number of ether oxygens (including phenoxy) is 1. The van der Waals surface area contributed by atoms with Gasteiger partial charge in [-0.3, -0.25) is 14.9 Å². The Kier molecular flexibility index (Phi) is 5.80. The fraction of sp³-hybridized carbons (Fsp3) is 0.238. The molecular weight excluding hydrogens is 452 g/mol. The zero-order chi connectivity index (χ0) is 21.1. The molecule has 1 aliphatic heterocycles. The number of carbonyl (C=O) groups excluding carboxylic acids is 2. The predicted molar refractivity (Wildman–Crippen MR) is 114 cm³/mol. The van der Waals surface area contributed by atoms with Gasteiger partial charge in [0.1, 0.15) is 5.75 Å². The van der Waals surface area contributed by atoms with Crippen molar-refractivity contribution >= 4 is 39.4 Å². The highest BCUT2D eigenvalue weighted by atomic mass is 79.9. The molecule has 1 unspecified atom stereocenters. The zero-order valence-corrected chi connectivity index (χ0v) is 17.8. The van der Waals surface area contributed by atoms with Crippen LogP contribution < -0.4 is 15.0 Å². The van der Waals surface area contributed by atoms with Crippen LogP contribution in [0.5, 0.6) is 5.75 Å². The van der Waals surface area contributed by atoms with Crippen LogP contribution in [0, 0.1) is 0 Å². The molecule has 1 saturated heterocycles. The van der Waals surface area contributed by atoms with Crippen molar-refractivity contribution in [3.05, 3.63) is 64.5 Å². The molecule has 1 aromatic heterocycles. The number of hydrogen-bond acceptors (Lipinski definition) is 6. The average molecular weight is 471 g/mol. The molecule has 4 rings (SSSR count). The third kappa shape index (κ3) is 4.35. The lowest BCUT2D eigenvalue weighted by Gasteiger charge is -2.16. The minimum Gasteiger partial charge on any atom is -0.494 e. The molecule has 0 radical (unpaired) electrons. The number of aromatic nitrogens is 2. The molecule has 1 fully saturated rings. The van der Waals surface area contributed by atoms with E-state index >= 15 is 0 Å². The van der Waals surface area contributed by atoms with Gasteiger partial charge in [-0.25, -0.2) is 0 Å². The number of nitrogens with one attached hydrogen (secondary N) is 1. The molecule has 154 valence electrons. The number of carbonyl (C=O) groups is 2. The van der Waals surface area contributed by atoms with Crippen LogP contribution in [0.15, 0.2) is 57.4 Å². The molecule has 0 bridgehead atoms. The molecule has 1 aliphatic rings. The first kappa shape index (κ1) is 20.1. The van der Waals surface area contributed by atoms with E-state index in [0.717, 1.165) is 15.9 Å². The Bertz CT molecular complexity index is 1050. The highest BCUT2D eigenvalue weighted by Gasteiger charge is 2.35. The van der Waals surface area contributed by atoms with Gasteiger partial charge >= 0.3 is 6.01 Å². The summed E-state index contributed by atoms with van der Waals surface area (Å²) in [4.78, 5) is 26.5. The lowest BCUT2D eigenvalue weighted by Crippen LogP contribution is -2.24. The van der Waals surface area contributed by atoms with Gasteiger partial charge < -0.3 is 14.1 Å². The average Bonchev–Trinajstić information content (AvgIpc) is 3.36. The first-order chi connectivity index (χ1) is 14.5. The van der Waals surface area contributed by atoms with E-state index in [0.29, 0.717) is 24.6 Å². The third-order valence-electron chi connectivity index (χ3n) is 4.70. The first-order valence-electron chi connectivity index (χ1n) is 9.47. The van der Waals surface area contributed by atoms with E-state index in [-0.39, 0.29) is 30.2 Å². The van der Waals surface area contributed by atoms with Crippen molar-refractivity contribution in [1.82, 2.24) is 10.2 Å². The summed E-state index contributed by atoms with van der Waals surface area (Å²) in [6.07, 6.45) is 0.259. The van der Waals surface area contributed by atoms with Crippen LogP contribution in [0.25, 0.3) is 0 Å². The number of rotatable bonds is 6. The second-order valence-electron chi connectivity index (χ2n) is 6.74. The van der Waals surface area contributed by atoms with E-state index in [1.807, 2.05) is 31.2 Å².